The Bertz CT molecular complexity index is 412. The number of rotatable bonds is 4. The van der Waals surface area contributed by atoms with E-state index in [1.165, 1.54) is 50.0 Å². The van der Waals surface area contributed by atoms with Gasteiger partial charge in [0.2, 0.25) is 0 Å². The van der Waals surface area contributed by atoms with Crippen LogP contribution in [0.1, 0.15) is 44.6 Å². The molecule has 110 valence electrons. The van der Waals surface area contributed by atoms with Crippen molar-refractivity contribution in [3.63, 3.8) is 0 Å². The summed E-state index contributed by atoms with van der Waals surface area (Å²) >= 11 is 2.09. The summed E-state index contributed by atoms with van der Waals surface area (Å²) < 4.78 is 0. The standard InChI is InChI=1S/C18H27NS/c1-3-14-8-10-16(11-9-14)19(2)13-17-12-15-6-4-5-7-18(15)20-17/h4-7,14,16-17H,3,8-13H2,1-2H3. The van der Waals surface area contributed by atoms with Crippen LogP contribution >= 0.6 is 11.8 Å². The lowest BCUT2D eigenvalue weighted by Gasteiger charge is -2.35. The van der Waals surface area contributed by atoms with Gasteiger partial charge in [-0.25, -0.2) is 0 Å². The molecule has 1 unspecified atom stereocenters. The Hall–Kier alpha value is -0.470. The van der Waals surface area contributed by atoms with E-state index in [-0.39, 0.29) is 0 Å². The Labute approximate surface area is 128 Å². The van der Waals surface area contributed by atoms with Crippen LogP contribution < -0.4 is 0 Å². The summed E-state index contributed by atoms with van der Waals surface area (Å²) in [5, 5.41) is 0.765. The number of hydrogen-bond acceptors (Lipinski definition) is 2. The van der Waals surface area contributed by atoms with E-state index in [2.05, 4.69) is 54.9 Å². The summed E-state index contributed by atoms with van der Waals surface area (Å²) in [5.74, 6) is 1.00. The van der Waals surface area contributed by atoms with Crippen LogP contribution in [0.5, 0.6) is 0 Å². The zero-order chi connectivity index (χ0) is 13.9. The minimum absolute atomic E-state index is 0.765. The van der Waals surface area contributed by atoms with Crippen LogP contribution in [0.15, 0.2) is 29.2 Å². The van der Waals surface area contributed by atoms with Crippen LogP contribution in [0.25, 0.3) is 0 Å². The zero-order valence-electron chi connectivity index (χ0n) is 12.8. The zero-order valence-corrected chi connectivity index (χ0v) is 13.7. The van der Waals surface area contributed by atoms with Gasteiger partial charge in [-0.2, -0.15) is 0 Å². The van der Waals surface area contributed by atoms with Crippen LogP contribution in [0.4, 0.5) is 0 Å². The average Bonchev–Trinajstić information content (AvgIpc) is 2.89. The molecule has 20 heavy (non-hydrogen) atoms. The highest BCUT2D eigenvalue weighted by Crippen LogP contribution is 2.38. The monoisotopic (exact) mass is 289 g/mol. The first-order valence-electron chi connectivity index (χ1n) is 8.21. The van der Waals surface area contributed by atoms with Crippen molar-refractivity contribution < 1.29 is 0 Å². The predicted octanol–water partition coefficient (Wildman–Crippen LogP) is 4.60. The van der Waals surface area contributed by atoms with Crippen molar-refractivity contribution in [1.29, 1.82) is 0 Å². The van der Waals surface area contributed by atoms with Crippen molar-refractivity contribution in [3.05, 3.63) is 29.8 Å². The van der Waals surface area contributed by atoms with Gasteiger partial charge in [-0.3, -0.25) is 0 Å². The van der Waals surface area contributed by atoms with Crippen LogP contribution in [-0.4, -0.2) is 29.8 Å². The molecule has 1 atom stereocenters. The first kappa shape index (κ1) is 14.5. The van der Waals surface area contributed by atoms with Gasteiger partial charge in [0.25, 0.3) is 0 Å². The highest BCUT2D eigenvalue weighted by molar-refractivity contribution is 8.00. The van der Waals surface area contributed by atoms with E-state index >= 15 is 0 Å². The fourth-order valence-electron chi connectivity index (χ4n) is 3.82. The molecule has 1 aromatic rings. The molecule has 3 rings (SSSR count). The van der Waals surface area contributed by atoms with E-state index in [1.807, 2.05) is 0 Å². The van der Waals surface area contributed by atoms with Gasteiger partial charge in [0.1, 0.15) is 0 Å². The lowest BCUT2D eigenvalue weighted by Crippen LogP contribution is -2.39. The molecule has 1 nitrogen and oxygen atoms in total. The molecule has 0 bridgehead atoms. The Morgan fingerprint density at radius 1 is 1.15 bits per heavy atom. The smallest absolute Gasteiger partial charge is 0.0263 e. The normalized spacial score (nSPS) is 29.6. The van der Waals surface area contributed by atoms with Crippen molar-refractivity contribution in [2.45, 2.75) is 61.6 Å². The van der Waals surface area contributed by atoms with Gasteiger partial charge < -0.3 is 4.90 Å². The molecule has 0 radical (unpaired) electrons. The Balaban J connectivity index is 1.50. The maximum Gasteiger partial charge on any atom is 0.0263 e. The van der Waals surface area contributed by atoms with E-state index in [1.54, 1.807) is 5.56 Å². The van der Waals surface area contributed by atoms with E-state index in [0.717, 1.165) is 17.2 Å². The molecule has 1 aliphatic heterocycles. The number of benzene rings is 1. The number of hydrogen-bond donors (Lipinski definition) is 0. The number of nitrogens with zero attached hydrogens (tertiary/aromatic N) is 1. The third-order valence-electron chi connectivity index (χ3n) is 5.22. The molecule has 1 fully saturated rings. The minimum atomic E-state index is 0.765. The van der Waals surface area contributed by atoms with Crippen molar-refractivity contribution in [2.24, 2.45) is 5.92 Å². The highest BCUT2D eigenvalue weighted by Gasteiger charge is 2.27. The summed E-state index contributed by atoms with van der Waals surface area (Å²) in [4.78, 5) is 4.16. The molecule has 2 heteroatoms. The third-order valence-corrected chi connectivity index (χ3v) is 6.52. The van der Waals surface area contributed by atoms with Gasteiger partial charge >= 0.3 is 0 Å². The van der Waals surface area contributed by atoms with Crippen molar-refractivity contribution in [3.8, 4) is 0 Å². The van der Waals surface area contributed by atoms with E-state index in [9.17, 15) is 0 Å². The molecule has 0 aromatic heterocycles. The van der Waals surface area contributed by atoms with Gasteiger partial charge in [0, 0.05) is 22.7 Å². The lowest BCUT2D eigenvalue weighted by molar-refractivity contribution is 0.164. The van der Waals surface area contributed by atoms with Crippen molar-refractivity contribution in [1.82, 2.24) is 4.90 Å². The largest absolute Gasteiger partial charge is 0.302 e. The predicted molar refractivity (Wildman–Crippen MR) is 88.5 cm³/mol. The van der Waals surface area contributed by atoms with Crippen molar-refractivity contribution >= 4 is 11.8 Å². The molecule has 0 spiro atoms. The summed E-state index contributed by atoms with van der Waals surface area (Å²) in [6.07, 6.45) is 8.37. The van der Waals surface area contributed by atoms with Crippen LogP contribution in [0.2, 0.25) is 0 Å². The minimum Gasteiger partial charge on any atom is -0.302 e. The molecule has 1 aliphatic carbocycles. The first-order valence-corrected chi connectivity index (χ1v) is 9.09. The third kappa shape index (κ3) is 3.23. The second-order valence-electron chi connectivity index (χ2n) is 6.57. The van der Waals surface area contributed by atoms with Crippen LogP contribution in [0, 0.1) is 5.92 Å². The highest BCUT2D eigenvalue weighted by atomic mass is 32.2. The molecular weight excluding hydrogens is 262 g/mol. The molecule has 1 saturated carbocycles. The van der Waals surface area contributed by atoms with Gasteiger partial charge in [-0.1, -0.05) is 31.5 Å². The number of fused-ring (bicyclic) bond motifs is 1. The topological polar surface area (TPSA) is 3.24 Å². The van der Waals surface area contributed by atoms with Gasteiger partial charge in [0.05, 0.1) is 0 Å². The molecule has 2 aliphatic rings. The molecule has 1 heterocycles. The van der Waals surface area contributed by atoms with Gasteiger partial charge in [-0.05, 0) is 56.7 Å². The Kier molecular flexibility index (Phi) is 4.72. The molecule has 1 aromatic carbocycles. The second kappa shape index (κ2) is 6.53. The Morgan fingerprint density at radius 3 is 2.60 bits per heavy atom. The van der Waals surface area contributed by atoms with Gasteiger partial charge in [0.15, 0.2) is 0 Å². The molecule has 0 saturated heterocycles. The maximum absolute atomic E-state index is 2.65. The fraction of sp³-hybridized carbons (Fsp3) is 0.667. The van der Waals surface area contributed by atoms with Crippen LogP contribution in [0.3, 0.4) is 0 Å². The summed E-state index contributed by atoms with van der Waals surface area (Å²) in [6.45, 7) is 3.60. The van der Waals surface area contributed by atoms with E-state index in [4.69, 9.17) is 0 Å². The van der Waals surface area contributed by atoms with E-state index < -0.39 is 0 Å². The summed E-state index contributed by atoms with van der Waals surface area (Å²) in [7, 11) is 2.35. The fourth-order valence-corrected chi connectivity index (χ4v) is 5.21. The quantitative estimate of drug-likeness (QED) is 0.796. The van der Waals surface area contributed by atoms with Crippen molar-refractivity contribution in [2.75, 3.05) is 13.6 Å². The first-order chi connectivity index (χ1) is 9.76. The SMILES string of the molecule is CCC1CCC(N(C)CC2Cc3ccccc3S2)CC1. The average molecular weight is 289 g/mol. The van der Waals surface area contributed by atoms with Gasteiger partial charge in [-0.15, -0.1) is 11.8 Å². The molecule has 0 N–H and O–H groups in total. The van der Waals surface area contributed by atoms with Crippen LogP contribution in [-0.2, 0) is 6.42 Å². The van der Waals surface area contributed by atoms with E-state index in [0.29, 0.717) is 0 Å². The Morgan fingerprint density at radius 2 is 1.90 bits per heavy atom. The number of thioether (sulfide) groups is 1. The lowest BCUT2D eigenvalue weighted by atomic mass is 9.84. The maximum atomic E-state index is 2.65. The molecular formula is C18H27NS. The summed E-state index contributed by atoms with van der Waals surface area (Å²) in [6, 6.07) is 9.77. The molecule has 0 amide bonds. The summed E-state index contributed by atoms with van der Waals surface area (Å²) in [5.41, 5.74) is 1.56. The second-order valence-corrected chi connectivity index (χ2v) is 7.92.